The quantitative estimate of drug-likeness (QED) is 0.733. The first-order chi connectivity index (χ1) is 10.1. The van der Waals surface area contributed by atoms with Crippen molar-refractivity contribution in [3.8, 4) is 0 Å². The molecule has 0 saturated heterocycles. The minimum Gasteiger partial charge on any atom is -0.393 e. The van der Waals surface area contributed by atoms with Crippen molar-refractivity contribution >= 4 is 6.03 Å². The van der Waals surface area contributed by atoms with E-state index in [0.29, 0.717) is 19.4 Å². The Balaban J connectivity index is 1.86. The SMILES string of the molecule is CCc1nc2n(n1)CCCC2NC(=O)NCCC(O)CC. The van der Waals surface area contributed by atoms with Crippen molar-refractivity contribution in [2.45, 2.75) is 64.6 Å². The molecule has 2 heterocycles. The third-order valence-corrected chi connectivity index (χ3v) is 3.77. The summed E-state index contributed by atoms with van der Waals surface area (Å²) in [5.41, 5.74) is 0. The maximum absolute atomic E-state index is 11.9. The lowest BCUT2D eigenvalue weighted by molar-refractivity contribution is 0.159. The minimum absolute atomic E-state index is 0.0809. The molecule has 1 aromatic rings. The maximum atomic E-state index is 11.9. The average molecular weight is 295 g/mol. The molecule has 3 N–H and O–H groups in total. The van der Waals surface area contributed by atoms with Gasteiger partial charge in [-0.05, 0) is 25.7 Å². The molecule has 0 bridgehead atoms. The Morgan fingerprint density at radius 2 is 2.33 bits per heavy atom. The Hall–Kier alpha value is -1.63. The fourth-order valence-corrected chi connectivity index (χ4v) is 2.45. The molecule has 0 fully saturated rings. The van der Waals surface area contributed by atoms with Gasteiger partial charge in [0.25, 0.3) is 0 Å². The van der Waals surface area contributed by atoms with Crippen molar-refractivity contribution in [1.82, 2.24) is 25.4 Å². The molecule has 7 heteroatoms. The van der Waals surface area contributed by atoms with Crippen molar-refractivity contribution in [1.29, 1.82) is 0 Å². The predicted octanol–water partition coefficient (Wildman–Crippen LogP) is 1.14. The summed E-state index contributed by atoms with van der Waals surface area (Å²) in [6.07, 6.45) is 3.59. The van der Waals surface area contributed by atoms with Gasteiger partial charge in [0.1, 0.15) is 5.82 Å². The molecule has 21 heavy (non-hydrogen) atoms. The summed E-state index contributed by atoms with van der Waals surface area (Å²) in [5, 5.41) is 19.6. The second kappa shape index (κ2) is 7.40. The zero-order valence-corrected chi connectivity index (χ0v) is 12.8. The third kappa shape index (κ3) is 4.17. The Labute approximate surface area is 125 Å². The van der Waals surface area contributed by atoms with Crippen LogP contribution in [0.4, 0.5) is 4.79 Å². The van der Waals surface area contributed by atoms with Crippen LogP contribution in [0.15, 0.2) is 0 Å². The molecular weight excluding hydrogens is 270 g/mol. The summed E-state index contributed by atoms with van der Waals surface area (Å²) >= 11 is 0. The average Bonchev–Trinajstić information content (AvgIpc) is 2.91. The molecule has 0 saturated carbocycles. The van der Waals surface area contributed by atoms with Gasteiger partial charge in [-0.25, -0.2) is 14.5 Å². The number of aliphatic hydroxyl groups excluding tert-OH is 1. The van der Waals surface area contributed by atoms with E-state index in [1.54, 1.807) is 0 Å². The van der Waals surface area contributed by atoms with Crippen LogP contribution in [-0.4, -0.2) is 38.6 Å². The molecule has 0 aromatic carbocycles. The van der Waals surface area contributed by atoms with Crippen LogP contribution >= 0.6 is 0 Å². The van der Waals surface area contributed by atoms with Gasteiger partial charge in [-0.2, -0.15) is 5.10 Å². The van der Waals surface area contributed by atoms with Crippen molar-refractivity contribution in [2.75, 3.05) is 6.54 Å². The molecule has 0 spiro atoms. The van der Waals surface area contributed by atoms with Crippen LogP contribution < -0.4 is 10.6 Å². The number of hydrogen-bond acceptors (Lipinski definition) is 4. The maximum Gasteiger partial charge on any atom is 0.315 e. The summed E-state index contributed by atoms with van der Waals surface area (Å²) in [6.45, 7) is 5.28. The lowest BCUT2D eigenvalue weighted by atomic mass is 10.1. The van der Waals surface area contributed by atoms with E-state index in [4.69, 9.17) is 0 Å². The summed E-state index contributed by atoms with van der Waals surface area (Å²) in [7, 11) is 0. The number of aryl methyl sites for hydroxylation is 2. The highest BCUT2D eigenvalue weighted by atomic mass is 16.3. The number of aliphatic hydroxyl groups is 1. The second-order valence-electron chi connectivity index (χ2n) is 5.41. The summed E-state index contributed by atoms with van der Waals surface area (Å²) in [5.74, 6) is 1.67. The number of rotatable bonds is 6. The number of aromatic nitrogens is 3. The van der Waals surface area contributed by atoms with Crippen molar-refractivity contribution < 1.29 is 9.90 Å². The second-order valence-corrected chi connectivity index (χ2v) is 5.41. The van der Waals surface area contributed by atoms with E-state index in [9.17, 15) is 9.90 Å². The van der Waals surface area contributed by atoms with Gasteiger partial charge in [-0.15, -0.1) is 0 Å². The van der Waals surface area contributed by atoms with E-state index in [-0.39, 0.29) is 18.2 Å². The first-order valence-electron chi connectivity index (χ1n) is 7.80. The first-order valence-corrected chi connectivity index (χ1v) is 7.80. The van der Waals surface area contributed by atoms with Crippen LogP contribution in [0.2, 0.25) is 0 Å². The number of nitrogens with zero attached hydrogens (tertiary/aromatic N) is 3. The van der Waals surface area contributed by atoms with Crippen LogP contribution in [0, 0.1) is 0 Å². The monoisotopic (exact) mass is 295 g/mol. The zero-order valence-electron chi connectivity index (χ0n) is 12.8. The minimum atomic E-state index is -0.352. The number of fused-ring (bicyclic) bond motifs is 1. The summed E-state index contributed by atoms with van der Waals surface area (Å²) < 4.78 is 1.90. The van der Waals surface area contributed by atoms with Gasteiger partial charge in [-0.1, -0.05) is 13.8 Å². The molecule has 1 aliphatic heterocycles. The molecule has 118 valence electrons. The first kappa shape index (κ1) is 15.8. The molecular formula is C14H25N5O2. The van der Waals surface area contributed by atoms with Gasteiger partial charge in [0.15, 0.2) is 5.82 Å². The Morgan fingerprint density at radius 1 is 1.52 bits per heavy atom. The molecule has 0 radical (unpaired) electrons. The number of nitrogens with one attached hydrogen (secondary N) is 2. The molecule has 1 aromatic heterocycles. The Kier molecular flexibility index (Phi) is 5.55. The van der Waals surface area contributed by atoms with E-state index in [0.717, 1.165) is 37.5 Å². The lowest BCUT2D eigenvalue weighted by Crippen LogP contribution is -2.41. The normalized spacial score (nSPS) is 18.9. The van der Waals surface area contributed by atoms with Crippen molar-refractivity contribution in [3.05, 3.63) is 11.6 Å². The highest BCUT2D eigenvalue weighted by Crippen LogP contribution is 2.22. The number of carbonyl (C=O) groups is 1. The highest BCUT2D eigenvalue weighted by molar-refractivity contribution is 5.74. The van der Waals surface area contributed by atoms with Gasteiger partial charge >= 0.3 is 6.03 Å². The number of urea groups is 1. The standard InChI is InChI=1S/C14H25N5O2/c1-3-10(20)7-8-15-14(21)16-11-6-5-9-19-13(11)17-12(4-2)18-19/h10-11,20H,3-9H2,1-2H3,(H2,15,16,21). The number of amides is 2. The van der Waals surface area contributed by atoms with Crippen LogP contribution in [0.3, 0.4) is 0 Å². The lowest BCUT2D eigenvalue weighted by Gasteiger charge is -2.23. The van der Waals surface area contributed by atoms with E-state index in [1.807, 2.05) is 18.5 Å². The molecule has 2 atom stereocenters. The fraction of sp³-hybridized carbons (Fsp3) is 0.786. The summed E-state index contributed by atoms with van der Waals surface area (Å²) in [6, 6.07) is -0.291. The molecule has 1 aliphatic rings. The predicted molar refractivity (Wildman–Crippen MR) is 78.8 cm³/mol. The topological polar surface area (TPSA) is 92.1 Å². The van der Waals surface area contributed by atoms with Crippen molar-refractivity contribution in [2.24, 2.45) is 0 Å². The Bertz CT molecular complexity index is 474. The summed E-state index contributed by atoms with van der Waals surface area (Å²) in [4.78, 5) is 16.4. The van der Waals surface area contributed by atoms with Crippen LogP contribution in [-0.2, 0) is 13.0 Å². The molecule has 0 aliphatic carbocycles. The van der Waals surface area contributed by atoms with Gasteiger partial charge in [-0.3, -0.25) is 0 Å². The van der Waals surface area contributed by atoms with Crippen LogP contribution in [0.5, 0.6) is 0 Å². The molecule has 2 amide bonds. The van der Waals surface area contributed by atoms with E-state index < -0.39 is 0 Å². The highest BCUT2D eigenvalue weighted by Gasteiger charge is 2.25. The Morgan fingerprint density at radius 3 is 3.05 bits per heavy atom. The number of hydrogen-bond donors (Lipinski definition) is 3. The number of carbonyl (C=O) groups excluding carboxylic acids is 1. The van der Waals surface area contributed by atoms with E-state index >= 15 is 0 Å². The van der Waals surface area contributed by atoms with E-state index in [2.05, 4.69) is 20.7 Å². The fourth-order valence-electron chi connectivity index (χ4n) is 2.45. The van der Waals surface area contributed by atoms with Gasteiger partial charge in [0.05, 0.1) is 12.1 Å². The molecule has 7 nitrogen and oxygen atoms in total. The molecule has 2 rings (SSSR count). The largest absolute Gasteiger partial charge is 0.393 e. The van der Waals surface area contributed by atoms with E-state index in [1.165, 1.54) is 0 Å². The van der Waals surface area contributed by atoms with Gasteiger partial charge in [0, 0.05) is 19.5 Å². The van der Waals surface area contributed by atoms with Crippen LogP contribution in [0.1, 0.15) is 57.2 Å². The molecule has 2 unspecified atom stereocenters. The smallest absolute Gasteiger partial charge is 0.315 e. The third-order valence-electron chi connectivity index (χ3n) is 3.77. The van der Waals surface area contributed by atoms with Crippen molar-refractivity contribution in [3.63, 3.8) is 0 Å². The van der Waals surface area contributed by atoms with Gasteiger partial charge in [0.2, 0.25) is 0 Å². The van der Waals surface area contributed by atoms with Gasteiger partial charge < -0.3 is 15.7 Å². The zero-order chi connectivity index (χ0) is 15.2. The van der Waals surface area contributed by atoms with Crippen LogP contribution in [0.25, 0.3) is 0 Å².